The molecule has 0 aliphatic heterocycles. The van der Waals surface area contributed by atoms with E-state index < -0.39 is 17.8 Å². The maximum absolute atomic E-state index is 12.0. The molecule has 140 valence electrons. The van der Waals surface area contributed by atoms with Crippen molar-refractivity contribution in [1.29, 1.82) is 0 Å². The average Bonchev–Trinajstić information content (AvgIpc) is 2.49. The van der Waals surface area contributed by atoms with E-state index in [0.29, 0.717) is 30.3 Å². The lowest BCUT2D eigenvalue weighted by atomic mass is 10.2. The number of carbonyl (C=O) groups is 2. The first-order chi connectivity index (χ1) is 11.6. The van der Waals surface area contributed by atoms with Crippen molar-refractivity contribution in [3.63, 3.8) is 0 Å². The number of nitrogens with one attached hydrogen (secondary N) is 2. The Labute approximate surface area is 158 Å². The topological polar surface area (TPSA) is 76.7 Å². The van der Waals surface area contributed by atoms with E-state index in [2.05, 4.69) is 10.6 Å². The third-order valence-electron chi connectivity index (χ3n) is 2.91. The van der Waals surface area contributed by atoms with Gasteiger partial charge in [0.2, 0.25) is 0 Å². The number of halogens is 2. The van der Waals surface area contributed by atoms with Crippen LogP contribution in [0.25, 0.3) is 0 Å². The van der Waals surface area contributed by atoms with Crippen molar-refractivity contribution in [2.24, 2.45) is 0 Å². The number of hydrogen-bond donors (Lipinski definition) is 2. The van der Waals surface area contributed by atoms with Gasteiger partial charge in [0.25, 0.3) is 5.91 Å². The van der Waals surface area contributed by atoms with E-state index in [1.54, 1.807) is 45.9 Å². The van der Waals surface area contributed by atoms with E-state index >= 15 is 0 Å². The minimum Gasteiger partial charge on any atom is -0.479 e. The fraction of sp³-hybridized carbons (Fsp3) is 0.529. The summed E-state index contributed by atoms with van der Waals surface area (Å²) in [7, 11) is 0. The Bertz CT molecular complexity index is 603. The Morgan fingerprint density at radius 1 is 1.16 bits per heavy atom. The molecule has 0 aliphatic rings. The first kappa shape index (κ1) is 21.4. The quantitative estimate of drug-likeness (QED) is 0.694. The lowest BCUT2D eigenvalue weighted by Gasteiger charge is -2.19. The summed E-state index contributed by atoms with van der Waals surface area (Å²) in [4.78, 5) is 23.5. The molecule has 0 fully saturated rings. The first-order valence-corrected chi connectivity index (χ1v) is 8.71. The molecule has 25 heavy (non-hydrogen) atoms. The van der Waals surface area contributed by atoms with Gasteiger partial charge in [-0.05, 0) is 46.2 Å². The molecule has 8 heteroatoms. The van der Waals surface area contributed by atoms with Crippen molar-refractivity contribution >= 4 is 35.2 Å². The number of carbonyl (C=O) groups excluding carboxylic acids is 2. The smallest absolute Gasteiger partial charge is 0.407 e. The van der Waals surface area contributed by atoms with Crippen molar-refractivity contribution < 1.29 is 19.1 Å². The van der Waals surface area contributed by atoms with Crippen molar-refractivity contribution in [1.82, 2.24) is 10.6 Å². The van der Waals surface area contributed by atoms with E-state index in [1.165, 1.54) is 0 Å². The Balaban J connectivity index is 2.28. The van der Waals surface area contributed by atoms with Gasteiger partial charge >= 0.3 is 6.09 Å². The first-order valence-electron chi connectivity index (χ1n) is 7.95. The van der Waals surface area contributed by atoms with Crippen LogP contribution in [0.15, 0.2) is 18.2 Å². The largest absolute Gasteiger partial charge is 0.479 e. The van der Waals surface area contributed by atoms with Crippen LogP contribution in [0.4, 0.5) is 4.79 Å². The Morgan fingerprint density at radius 2 is 1.80 bits per heavy atom. The summed E-state index contributed by atoms with van der Waals surface area (Å²) in [6.45, 7) is 7.78. The van der Waals surface area contributed by atoms with Gasteiger partial charge in [-0.25, -0.2) is 4.79 Å². The third kappa shape index (κ3) is 8.31. The number of hydrogen-bond acceptors (Lipinski definition) is 4. The van der Waals surface area contributed by atoms with E-state index in [4.69, 9.17) is 32.7 Å². The van der Waals surface area contributed by atoms with Crippen LogP contribution in [0.2, 0.25) is 10.0 Å². The van der Waals surface area contributed by atoms with Gasteiger partial charge < -0.3 is 20.1 Å². The number of ether oxygens (including phenoxy) is 2. The second-order valence-corrected chi connectivity index (χ2v) is 7.17. The normalized spacial score (nSPS) is 12.2. The highest BCUT2D eigenvalue weighted by atomic mass is 35.5. The predicted molar refractivity (Wildman–Crippen MR) is 98.4 cm³/mol. The maximum atomic E-state index is 12.0. The molecule has 1 aromatic rings. The highest BCUT2D eigenvalue weighted by Crippen LogP contribution is 2.32. The average molecular weight is 391 g/mol. The highest BCUT2D eigenvalue weighted by molar-refractivity contribution is 6.42. The molecule has 0 aromatic heterocycles. The minimum atomic E-state index is -0.727. The molecule has 0 bridgehead atoms. The molecule has 1 unspecified atom stereocenters. The molecule has 2 amide bonds. The fourth-order valence-electron chi connectivity index (χ4n) is 1.77. The number of alkyl carbamates (subject to hydrolysis) is 1. The molecule has 1 rings (SSSR count). The summed E-state index contributed by atoms with van der Waals surface area (Å²) in [5, 5.41) is 5.98. The van der Waals surface area contributed by atoms with Gasteiger partial charge in [-0.1, -0.05) is 29.3 Å². The predicted octanol–water partition coefficient (Wildman–Crippen LogP) is 3.79. The molecule has 1 atom stereocenters. The molecule has 0 saturated heterocycles. The highest BCUT2D eigenvalue weighted by Gasteiger charge is 2.17. The fourth-order valence-corrected chi connectivity index (χ4v) is 2.10. The Hall–Kier alpha value is -1.66. The standard InChI is InChI=1S/C17H24Cl2N2O4/c1-11(24-13-8-5-7-12(18)14(13)19)15(22)20-9-6-10-21-16(23)25-17(2,3)4/h5,7-8,11H,6,9-10H2,1-4H3,(H,20,22)(H,21,23). The van der Waals surface area contributed by atoms with E-state index in [9.17, 15) is 9.59 Å². The lowest BCUT2D eigenvalue weighted by Crippen LogP contribution is -2.38. The summed E-state index contributed by atoms with van der Waals surface area (Å²) in [5.41, 5.74) is -0.535. The second-order valence-electron chi connectivity index (χ2n) is 6.39. The SMILES string of the molecule is CC(Oc1cccc(Cl)c1Cl)C(=O)NCCCNC(=O)OC(C)(C)C. The van der Waals surface area contributed by atoms with Gasteiger partial charge in [-0.2, -0.15) is 0 Å². The van der Waals surface area contributed by atoms with E-state index in [1.807, 2.05) is 0 Å². The van der Waals surface area contributed by atoms with E-state index in [-0.39, 0.29) is 10.9 Å². The van der Waals surface area contributed by atoms with Crippen LogP contribution in [0.3, 0.4) is 0 Å². The third-order valence-corrected chi connectivity index (χ3v) is 3.71. The van der Waals surface area contributed by atoms with Crippen molar-refractivity contribution in [2.75, 3.05) is 13.1 Å². The van der Waals surface area contributed by atoms with Crippen LogP contribution in [0, 0.1) is 0 Å². The van der Waals surface area contributed by atoms with Crippen molar-refractivity contribution in [3.8, 4) is 5.75 Å². The maximum Gasteiger partial charge on any atom is 0.407 e. The summed E-state index contributed by atoms with van der Waals surface area (Å²) in [6.07, 6.45) is -0.642. The van der Waals surface area contributed by atoms with Gasteiger partial charge in [0, 0.05) is 13.1 Å². The van der Waals surface area contributed by atoms with Crippen LogP contribution in [-0.4, -0.2) is 36.8 Å². The van der Waals surface area contributed by atoms with Crippen LogP contribution >= 0.6 is 23.2 Å². The molecule has 0 radical (unpaired) electrons. The Kier molecular flexibility index (Phi) is 8.32. The molecule has 0 spiro atoms. The number of amides is 2. The molecule has 0 aliphatic carbocycles. The zero-order valence-electron chi connectivity index (χ0n) is 14.8. The van der Waals surface area contributed by atoms with Gasteiger partial charge in [-0.15, -0.1) is 0 Å². The molecule has 6 nitrogen and oxygen atoms in total. The minimum absolute atomic E-state index is 0.269. The van der Waals surface area contributed by atoms with Crippen molar-refractivity contribution in [3.05, 3.63) is 28.2 Å². The Morgan fingerprint density at radius 3 is 2.44 bits per heavy atom. The lowest BCUT2D eigenvalue weighted by molar-refractivity contribution is -0.127. The van der Waals surface area contributed by atoms with Gasteiger partial charge in [-0.3, -0.25) is 4.79 Å². The molecular weight excluding hydrogens is 367 g/mol. The summed E-state index contributed by atoms with van der Waals surface area (Å²) < 4.78 is 10.6. The number of benzene rings is 1. The van der Waals surface area contributed by atoms with Gasteiger partial charge in [0.15, 0.2) is 6.10 Å². The van der Waals surface area contributed by atoms with Gasteiger partial charge in [0.1, 0.15) is 16.4 Å². The molecule has 2 N–H and O–H groups in total. The second kappa shape index (κ2) is 9.73. The summed E-state index contributed by atoms with van der Waals surface area (Å²) >= 11 is 11.9. The molecule has 1 aromatic carbocycles. The molecular formula is C17H24Cl2N2O4. The summed E-state index contributed by atoms with van der Waals surface area (Å²) in [6, 6.07) is 4.97. The van der Waals surface area contributed by atoms with Crippen LogP contribution in [0.1, 0.15) is 34.1 Å². The van der Waals surface area contributed by atoms with Crippen LogP contribution < -0.4 is 15.4 Å². The van der Waals surface area contributed by atoms with E-state index in [0.717, 1.165) is 0 Å². The number of rotatable bonds is 7. The van der Waals surface area contributed by atoms with Gasteiger partial charge in [0.05, 0.1) is 5.02 Å². The monoisotopic (exact) mass is 390 g/mol. The molecule has 0 saturated carbocycles. The zero-order chi connectivity index (χ0) is 19.0. The van der Waals surface area contributed by atoms with Crippen LogP contribution in [0.5, 0.6) is 5.75 Å². The zero-order valence-corrected chi connectivity index (χ0v) is 16.3. The summed E-state index contributed by atoms with van der Waals surface area (Å²) in [5.74, 6) is 0.0664. The molecule has 0 heterocycles. The van der Waals surface area contributed by atoms with Crippen molar-refractivity contribution in [2.45, 2.75) is 45.8 Å². The van der Waals surface area contributed by atoms with Crippen LogP contribution in [-0.2, 0) is 9.53 Å².